The van der Waals surface area contributed by atoms with Gasteiger partial charge < -0.3 is 4.74 Å². The molecule has 0 saturated heterocycles. The van der Waals surface area contributed by atoms with Gasteiger partial charge in [0.15, 0.2) is 0 Å². The molecular formula is C18H19NOS. The van der Waals surface area contributed by atoms with Gasteiger partial charge in [0.2, 0.25) is 0 Å². The Kier molecular flexibility index (Phi) is 4.93. The molecule has 0 unspecified atom stereocenters. The molecule has 0 N–H and O–H groups in total. The van der Waals surface area contributed by atoms with E-state index >= 15 is 0 Å². The SMILES string of the molecule is CCSc1cccc(Oc2cc(C)cc(C)c2C)c1C#N. The highest BCUT2D eigenvalue weighted by atomic mass is 32.2. The van der Waals surface area contributed by atoms with Crippen molar-refractivity contribution < 1.29 is 4.74 Å². The van der Waals surface area contributed by atoms with E-state index in [1.54, 1.807) is 11.8 Å². The molecule has 0 atom stereocenters. The lowest BCUT2D eigenvalue weighted by atomic mass is 10.1. The molecule has 0 spiro atoms. The van der Waals surface area contributed by atoms with Crippen LogP contribution < -0.4 is 4.74 Å². The zero-order valence-electron chi connectivity index (χ0n) is 12.9. The van der Waals surface area contributed by atoms with Crippen LogP contribution >= 0.6 is 11.8 Å². The predicted molar refractivity (Wildman–Crippen MR) is 88.3 cm³/mol. The smallest absolute Gasteiger partial charge is 0.146 e. The number of benzene rings is 2. The summed E-state index contributed by atoms with van der Waals surface area (Å²) in [5.41, 5.74) is 4.08. The van der Waals surface area contributed by atoms with E-state index < -0.39 is 0 Å². The predicted octanol–water partition coefficient (Wildman–Crippen LogP) is 5.39. The lowest BCUT2D eigenvalue weighted by Crippen LogP contribution is -1.95. The number of thioether (sulfide) groups is 1. The van der Waals surface area contributed by atoms with Gasteiger partial charge in [0.25, 0.3) is 0 Å². The molecule has 3 heteroatoms. The summed E-state index contributed by atoms with van der Waals surface area (Å²) in [6, 6.07) is 12.2. The van der Waals surface area contributed by atoms with Crippen LogP contribution in [-0.2, 0) is 0 Å². The maximum Gasteiger partial charge on any atom is 0.146 e. The van der Waals surface area contributed by atoms with Gasteiger partial charge >= 0.3 is 0 Å². The summed E-state index contributed by atoms with van der Waals surface area (Å²) in [6.07, 6.45) is 0. The molecule has 0 aromatic heterocycles. The van der Waals surface area contributed by atoms with Crippen molar-refractivity contribution >= 4 is 11.8 Å². The summed E-state index contributed by atoms with van der Waals surface area (Å²) in [7, 11) is 0. The highest BCUT2D eigenvalue weighted by Gasteiger charge is 2.12. The van der Waals surface area contributed by atoms with Crippen molar-refractivity contribution in [3.8, 4) is 17.6 Å². The van der Waals surface area contributed by atoms with E-state index in [2.05, 4.69) is 26.0 Å². The van der Waals surface area contributed by atoms with Gasteiger partial charge in [-0.1, -0.05) is 19.1 Å². The normalized spacial score (nSPS) is 10.2. The van der Waals surface area contributed by atoms with Gasteiger partial charge in [0, 0.05) is 4.90 Å². The molecule has 2 aromatic rings. The largest absolute Gasteiger partial charge is 0.456 e. The van der Waals surface area contributed by atoms with E-state index in [1.807, 2.05) is 38.1 Å². The van der Waals surface area contributed by atoms with Crippen molar-refractivity contribution in [2.24, 2.45) is 0 Å². The van der Waals surface area contributed by atoms with Gasteiger partial charge in [0.1, 0.15) is 23.1 Å². The van der Waals surface area contributed by atoms with Gasteiger partial charge in [-0.3, -0.25) is 0 Å². The summed E-state index contributed by atoms with van der Waals surface area (Å²) >= 11 is 1.66. The Hall–Kier alpha value is -1.92. The van der Waals surface area contributed by atoms with Gasteiger partial charge in [-0.15, -0.1) is 11.8 Å². The fourth-order valence-electron chi connectivity index (χ4n) is 2.21. The first-order valence-electron chi connectivity index (χ1n) is 6.98. The molecule has 2 rings (SSSR count). The van der Waals surface area contributed by atoms with Crippen LogP contribution in [0, 0.1) is 32.1 Å². The number of hydrogen-bond acceptors (Lipinski definition) is 3. The Bertz CT molecular complexity index is 701. The highest BCUT2D eigenvalue weighted by Crippen LogP contribution is 2.34. The molecular weight excluding hydrogens is 278 g/mol. The number of rotatable bonds is 4. The van der Waals surface area contributed by atoms with E-state index in [-0.39, 0.29) is 0 Å². The van der Waals surface area contributed by atoms with Crippen molar-refractivity contribution in [2.45, 2.75) is 32.6 Å². The van der Waals surface area contributed by atoms with Crippen molar-refractivity contribution in [1.29, 1.82) is 5.26 Å². The molecule has 0 amide bonds. The highest BCUT2D eigenvalue weighted by molar-refractivity contribution is 7.99. The van der Waals surface area contributed by atoms with Crippen LogP contribution in [0.2, 0.25) is 0 Å². The van der Waals surface area contributed by atoms with Crippen LogP contribution in [0.4, 0.5) is 0 Å². The van der Waals surface area contributed by atoms with Crippen molar-refractivity contribution in [2.75, 3.05) is 5.75 Å². The van der Waals surface area contributed by atoms with Crippen LogP contribution in [0.5, 0.6) is 11.5 Å². The molecule has 0 radical (unpaired) electrons. The standard InChI is InChI=1S/C18H19NOS/c1-5-21-18-8-6-7-16(15(18)11-19)20-17-10-12(2)9-13(3)14(17)4/h6-10H,5H2,1-4H3. The number of aryl methyl sites for hydroxylation is 2. The van der Waals surface area contributed by atoms with Crippen LogP contribution in [0.15, 0.2) is 35.2 Å². The topological polar surface area (TPSA) is 33.0 Å². The fourth-order valence-corrected chi connectivity index (χ4v) is 2.98. The van der Waals surface area contributed by atoms with Crippen LogP contribution in [0.1, 0.15) is 29.2 Å². The number of nitrogens with zero attached hydrogens (tertiary/aromatic N) is 1. The minimum absolute atomic E-state index is 0.614. The van der Waals surface area contributed by atoms with Gasteiger partial charge in [-0.2, -0.15) is 5.26 Å². The molecule has 108 valence electrons. The van der Waals surface area contributed by atoms with Crippen molar-refractivity contribution in [1.82, 2.24) is 0 Å². The molecule has 0 aliphatic heterocycles. The Morgan fingerprint density at radius 3 is 2.57 bits per heavy atom. The van der Waals surface area contributed by atoms with E-state index in [0.29, 0.717) is 11.3 Å². The Morgan fingerprint density at radius 2 is 1.90 bits per heavy atom. The maximum absolute atomic E-state index is 9.44. The second-order valence-corrected chi connectivity index (χ2v) is 6.29. The van der Waals surface area contributed by atoms with Crippen molar-refractivity contribution in [3.05, 3.63) is 52.6 Å². The number of hydrogen-bond donors (Lipinski definition) is 0. The zero-order chi connectivity index (χ0) is 15.4. The Labute approximate surface area is 130 Å². The molecule has 0 heterocycles. The number of nitriles is 1. The third-order valence-electron chi connectivity index (χ3n) is 3.38. The number of ether oxygens (including phenoxy) is 1. The van der Waals surface area contributed by atoms with E-state index in [1.165, 1.54) is 5.56 Å². The quantitative estimate of drug-likeness (QED) is 0.709. The van der Waals surface area contributed by atoms with E-state index in [4.69, 9.17) is 4.74 Å². The summed E-state index contributed by atoms with van der Waals surface area (Å²) < 4.78 is 6.04. The zero-order valence-corrected chi connectivity index (χ0v) is 13.7. The van der Waals surface area contributed by atoms with E-state index in [0.717, 1.165) is 27.5 Å². The molecule has 0 saturated carbocycles. The van der Waals surface area contributed by atoms with Crippen LogP contribution in [0.3, 0.4) is 0 Å². The summed E-state index contributed by atoms with van der Waals surface area (Å²) in [5, 5.41) is 9.44. The van der Waals surface area contributed by atoms with Crippen LogP contribution in [-0.4, -0.2) is 5.75 Å². The molecule has 0 aliphatic rings. The monoisotopic (exact) mass is 297 g/mol. The lowest BCUT2D eigenvalue weighted by Gasteiger charge is -2.14. The second-order valence-electron chi connectivity index (χ2n) is 4.98. The first-order valence-corrected chi connectivity index (χ1v) is 7.97. The summed E-state index contributed by atoms with van der Waals surface area (Å²) in [4.78, 5) is 0.972. The molecule has 0 aliphatic carbocycles. The summed E-state index contributed by atoms with van der Waals surface area (Å²) in [6.45, 7) is 8.24. The lowest BCUT2D eigenvalue weighted by molar-refractivity contribution is 0.475. The average molecular weight is 297 g/mol. The van der Waals surface area contributed by atoms with Gasteiger partial charge in [-0.05, 0) is 61.4 Å². The Morgan fingerprint density at radius 1 is 1.14 bits per heavy atom. The molecule has 0 bridgehead atoms. The molecule has 21 heavy (non-hydrogen) atoms. The van der Waals surface area contributed by atoms with Crippen molar-refractivity contribution in [3.63, 3.8) is 0 Å². The van der Waals surface area contributed by atoms with Crippen LogP contribution in [0.25, 0.3) is 0 Å². The maximum atomic E-state index is 9.44. The van der Waals surface area contributed by atoms with Gasteiger partial charge in [0.05, 0.1) is 0 Å². The molecule has 2 aromatic carbocycles. The minimum atomic E-state index is 0.614. The third kappa shape index (κ3) is 3.40. The molecule has 2 nitrogen and oxygen atoms in total. The molecule has 0 fully saturated rings. The fraction of sp³-hybridized carbons (Fsp3) is 0.278. The average Bonchev–Trinajstić information content (AvgIpc) is 2.45. The van der Waals surface area contributed by atoms with Gasteiger partial charge in [-0.25, -0.2) is 0 Å². The second kappa shape index (κ2) is 6.69. The first kappa shape index (κ1) is 15.5. The first-order chi connectivity index (χ1) is 10.1. The summed E-state index contributed by atoms with van der Waals surface area (Å²) in [5.74, 6) is 2.38. The third-order valence-corrected chi connectivity index (χ3v) is 4.32. The van der Waals surface area contributed by atoms with E-state index in [9.17, 15) is 5.26 Å². The Balaban J connectivity index is 2.45. The minimum Gasteiger partial charge on any atom is -0.456 e.